The largest absolute Gasteiger partial charge is 0.497 e. The second-order valence-corrected chi connectivity index (χ2v) is 9.86. The summed E-state index contributed by atoms with van der Waals surface area (Å²) in [4.78, 5) is 28.7. The molecule has 1 aromatic carbocycles. The minimum atomic E-state index is -0.819. The number of Topliss-reactive ketones (excluding diaryl/α,β-unsaturated/α-hetero) is 1. The molecule has 0 saturated carbocycles. The number of unbranched alkanes of at least 4 members (excludes halogenated alkanes) is 1. The topological polar surface area (TPSA) is 104 Å². The number of fused-ring (bicyclic) bond motifs is 1. The van der Waals surface area contributed by atoms with Crippen LogP contribution in [0.5, 0.6) is 5.75 Å². The van der Waals surface area contributed by atoms with Crippen molar-refractivity contribution >= 4 is 34.9 Å². The maximum atomic E-state index is 12.7. The number of benzene rings is 1. The number of thiazole rings is 1. The zero-order valence-electron chi connectivity index (χ0n) is 17.2. The molecule has 9 heteroatoms. The fraction of sp³-hybridized carbons (Fsp3) is 0.455. The quantitative estimate of drug-likeness (QED) is 0.440. The van der Waals surface area contributed by atoms with Crippen molar-refractivity contribution in [2.24, 2.45) is 0 Å². The maximum absolute atomic E-state index is 12.7. The second-order valence-electron chi connectivity index (χ2n) is 7.70. The predicted molar refractivity (Wildman–Crippen MR) is 121 cm³/mol. The Bertz CT molecular complexity index is 985. The molecule has 0 spiro atoms. The SMILES string of the molecule is COc1ccc(-c2csc([C@H](C#N)C(=O)CCCC[C@@H]3SC[C@@H]4NC(=O)N[C@H]43)n2)cc1. The molecular weight excluding hydrogens is 432 g/mol. The summed E-state index contributed by atoms with van der Waals surface area (Å²) in [6, 6.07) is 10.0. The Morgan fingerprint density at radius 3 is 2.87 bits per heavy atom. The van der Waals surface area contributed by atoms with Crippen LogP contribution in [-0.4, -0.2) is 47.0 Å². The Labute approximate surface area is 189 Å². The van der Waals surface area contributed by atoms with Gasteiger partial charge >= 0.3 is 6.03 Å². The van der Waals surface area contributed by atoms with Crippen LogP contribution in [0.4, 0.5) is 4.79 Å². The number of nitriles is 1. The van der Waals surface area contributed by atoms with Gasteiger partial charge in [-0.3, -0.25) is 4.79 Å². The van der Waals surface area contributed by atoms with E-state index >= 15 is 0 Å². The van der Waals surface area contributed by atoms with Gasteiger partial charge in [0.05, 0.1) is 31.0 Å². The van der Waals surface area contributed by atoms with E-state index in [1.165, 1.54) is 11.3 Å². The number of ether oxygens (including phenoxy) is 1. The number of nitrogens with zero attached hydrogens (tertiary/aromatic N) is 2. The van der Waals surface area contributed by atoms with Gasteiger partial charge in [-0.05, 0) is 37.1 Å². The molecule has 4 atom stereocenters. The van der Waals surface area contributed by atoms with Gasteiger partial charge in [0.1, 0.15) is 10.8 Å². The van der Waals surface area contributed by atoms with Gasteiger partial charge in [0.25, 0.3) is 0 Å². The van der Waals surface area contributed by atoms with Crippen LogP contribution in [0, 0.1) is 11.3 Å². The van der Waals surface area contributed by atoms with Gasteiger partial charge in [-0.1, -0.05) is 6.42 Å². The first-order chi connectivity index (χ1) is 15.1. The highest BCUT2D eigenvalue weighted by Crippen LogP contribution is 2.33. The highest BCUT2D eigenvalue weighted by molar-refractivity contribution is 8.00. The van der Waals surface area contributed by atoms with E-state index in [0.29, 0.717) is 16.7 Å². The minimum Gasteiger partial charge on any atom is -0.497 e. The lowest BCUT2D eigenvalue weighted by Gasteiger charge is -2.16. The highest BCUT2D eigenvalue weighted by atomic mass is 32.2. The lowest BCUT2D eigenvalue weighted by Crippen LogP contribution is -2.36. The van der Waals surface area contributed by atoms with Crippen molar-refractivity contribution in [3.8, 4) is 23.1 Å². The third-order valence-electron chi connectivity index (χ3n) is 5.71. The summed E-state index contributed by atoms with van der Waals surface area (Å²) < 4.78 is 5.17. The lowest BCUT2D eigenvalue weighted by molar-refractivity contribution is -0.119. The summed E-state index contributed by atoms with van der Waals surface area (Å²) in [5.74, 6) is 0.804. The molecule has 2 aromatic rings. The van der Waals surface area contributed by atoms with Crippen molar-refractivity contribution in [3.63, 3.8) is 0 Å². The molecule has 2 saturated heterocycles. The van der Waals surface area contributed by atoms with E-state index in [2.05, 4.69) is 21.7 Å². The fourth-order valence-corrected chi connectivity index (χ4v) is 6.45. The number of rotatable bonds is 9. The van der Waals surface area contributed by atoms with Gasteiger partial charge in [-0.2, -0.15) is 17.0 Å². The average molecular weight is 457 g/mol. The summed E-state index contributed by atoms with van der Waals surface area (Å²) in [5, 5.41) is 18.3. The number of methoxy groups -OCH3 is 1. The molecular formula is C22H24N4O3S2. The number of ketones is 1. The van der Waals surface area contributed by atoms with E-state index in [4.69, 9.17) is 4.74 Å². The van der Waals surface area contributed by atoms with Crippen molar-refractivity contribution in [2.75, 3.05) is 12.9 Å². The van der Waals surface area contributed by atoms with E-state index in [9.17, 15) is 14.9 Å². The zero-order valence-corrected chi connectivity index (χ0v) is 18.8. The van der Waals surface area contributed by atoms with Gasteiger partial charge in [0.15, 0.2) is 11.7 Å². The first-order valence-corrected chi connectivity index (χ1v) is 12.2. The number of carbonyl (C=O) groups is 2. The molecule has 0 unspecified atom stereocenters. The Kier molecular flexibility index (Phi) is 6.78. The third-order valence-corrected chi connectivity index (χ3v) is 8.12. The number of aromatic nitrogens is 1. The Morgan fingerprint density at radius 1 is 1.32 bits per heavy atom. The molecule has 3 heterocycles. The molecule has 162 valence electrons. The summed E-state index contributed by atoms with van der Waals surface area (Å²) in [6.45, 7) is 0. The molecule has 7 nitrogen and oxygen atoms in total. The first kappa shape index (κ1) is 21.7. The average Bonchev–Trinajstić information content (AvgIpc) is 3.49. The number of hydrogen-bond acceptors (Lipinski definition) is 7. The number of urea groups is 1. The number of thioether (sulfide) groups is 1. The Hall–Kier alpha value is -2.57. The molecule has 0 radical (unpaired) electrons. The molecule has 0 aliphatic carbocycles. The van der Waals surface area contributed by atoms with Crippen molar-refractivity contribution in [2.45, 2.75) is 48.9 Å². The Balaban J connectivity index is 1.28. The van der Waals surface area contributed by atoms with Crippen molar-refractivity contribution in [1.82, 2.24) is 15.6 Å². The fourth-order valence-electron chi connectivity index (χ4n) is 4.01. The number of amides is 2. The maximum Gasteiger partial charge on any atom is 0.315 e. The van der Waals surface area contributed by atoms with Crippen molar-refractivity contribution in [1.29, 1.82) is 5.26 Å². The lowest BCUT2D eigenvalue weighted by atomic mass is 9.98. The van der Waals surface area contributed by atoms with Gasteiger partial charge in [0.2, 0.25) is 0 Å². The van der Waals surface area contributed by atoms with Crippen molar-refractivity contribution < 1.29 is 14.3 Å². The molecule has 0 bridgehead atoms. The molecule has 4 rings (SSSR count). The van der Waals surface area contributed by atoms with E-state index in [0.717, 1.165) is 42.0 Å². The second kappa shape index (κ2) is 9.71. The standard InChI is InChI=1S/C22H24N4O3S2/c1-29-14-8-6-13(7-9-14)16-11-31-21(24-16)15(10-23)18(27)4-2-3-5-19-20-17(12-30-19)25-22(28)26-20/h6-9,11,15,17,19-20H,2-5,12H2,1H3,(H2,25,26,28)/t15-,17+,19+,20-/m1/s1. The van der Waals surface area contributed by atoms with Crippen LogP contribution in [0.1, 0.15) is 36.6 Å². The van der Waals surface area contributed by atoms with Gasteiger partial charge in [0, 0.05) is 28.4 Å². The summed E-state index contributed by atoms with van der Waals surface area (Å²) in [7, 11) is 1.62. The van der Waals surface area contributed by atoms with Gasteiger partial charge in [-0.25, -0.2) is 9.78 Å². The van der Waals surface area contributed by atoms with Crippen LogP contribution in [0.15, 0.2) is 29.6 Å². The number of hydrogen-bond donors (Lipinski definition) is 2. The molecule has 2 aliphatic heterocycles. The first-order valence-electron chi connectivity index (χ1n) is 10.3. The molecule has 2 amide bonds. The van der Waals surface area contributed by atoms with Crippen LogP contribution in [-0.2, 0) is 4.79 Å². The molecule has 2 N–H and O–H groups in total. The molecule has 31 heavy (non-hydrogen) atoms. The van der Waals surface area contributed by atoms with E-state index < -0.39 is 5.92 Å². The smallest absolute Gasteiger partial charge is 0.315 e. The number of nitrogens with one attached hydrogen (secondary N) is 2. The number of carbonyl (C=O) groups excluding carboxylic acids is 2. The molecule has 2 fully saturated rings. The van der Waals surface area contributed by atoms with E-state index in [-0.39, 0.29) is 23.9 Å². The summed E-state index contributed by atoms with van der Waals surface area (Å²) in [6.07, 6.45) is 2.96. The van der Waals surface area contributed by atoms with Crippen LogP contribution in [0.2, 0.25) is 0 Å². The Morgan fingerprint density at radius 2 is 2.13 bits per heavy atom. The van der Waals surface area contributed by atoms with E-state index in [1.54, 1.807) is 7.11 Å². The van der Waals surface area contributed by atoms with Gasteiger partial charge in [-0.15, -0.1) is 11.3 Å². The van der Waals surface area contributed by atoms with E-state index in [1.807, 2.05) is 41.4 Å². The predicted octanol–water partition coefficient (Wildman–Crippen LogP) is 3.72. The monoisotopic (exact) mass is 456 g/mol. The minimum absolute atomic E-state index is 0.0779. The summed E-state index contributed by atoms with van der Waals surface area (Å²) >= 11 is 3.22. The highest BCUT2D eigenvalue weighted by Gasteiger charge is 2.42. The van der Waals surface area contributed by atoms with Crippen LogP contribution >= 0.6 is 23.1 Å². The normalized spacial score (nSPS) is 22.8. The zero-order chi connectivity index (χ0) is 21.8. The van der Waals surface area contributed by atoms with Crippen molar-refractivity contribution in [3.05, 3.63) is 34.7 Å². The van der Waals surface area contributed by atoms with Crippen LogP contribution in [0.3, 0.4) is 0 Å². The van der Waals surface area contributed by atoms with Crippen LogP contribution in [0.25, 0.3) is 11.3 Å². The van der Waals surface area contributed by atoms with Gasteiger partial charge < -0.3 is 15.4 Å². The molecule has 2 aliphatic rings. The summed E-state index contributed by atoms with van der Waals surface area (Å²) in [5.41, 5.74) is 1.68. The third kappa shape index (κ3) is 4.86. The molecule has 1 aromatic heterocycles. The van der Waals surface area contributed by atoms with Crippen LogP contribution < -0.4 is 15.4 Å².